The van der Waals surface area contributed by atoms with Crippen molar-refractivity contribution in [1.29, 1.82) is 0 Å². The fraction of sp³-hybridized carbons (Fsp3) is 0.462. The Bertz CT molecular complexity index is 393. The molecular weight excluding hydrogens is 236 g/mol. The maximum Gasteiger partial charge on any atom is 0.237 e. The van der Waals surface area contributed by atoms with Gasteiger partial charge in [0.25, 0.3) is 0 Å². The van der Waals surface area contributed by atoms with E-state index in [1.807, 2.05) is 6.07 Å². The number of benzene rings is 1. The maximum atomic E-state index is 11.6. The summed E-state index contributed by atoms with van der Waals surface area (Å²) in [5.74, 6) is -0.0679. The Hall–Kier alpha value is -1.06. The smallest absolute Gasteiger partial charge is 0.237 e. The summed E-state index contributed by atoms with van der Waals surface area (Å²) in [5.41, 5.74) is 8.16. The minimum atomic E-state index is -0.436. The highest BCUT2D eigenvalue weighted by Gasteiger charge is 2.22. The molecule has 0 spiro atoms. The van der Waals surface area contributed by atoms with E-state index in [0.29, 0.717) is 0 Å². The number of hydrogen-bond acceptors (Lipinski definition) is 2. The third kappa shape index (κ3) is 3.20. The highest BCUT2D eigenvalue weighted by atomic mass is 35.5. The number of carbonyl (C=O) groups is 1. The minimum absolute atomic E-state index is 0. The summed E-state index contributed by atoms with van der Waals surface area (Å²) in [4.78, 5) is 11.6. The monoisotopic (exact) mass is 254 g/mol. The fourth-order valence-corrected chi connectivity index (χ4v) is 2.21. The molecule has 1 aromatic carbocycles. The zero-order valence-corrected chi connectivity index (χ0v) is 10.8. The van der Waals surface area contributed by atoms with Crippen LogP contribution in [0.25, 0.3) is 0 Å². The van der Waals surface area contributed by atoms with Gasteiger partial charge in [0.05, 0.1) is 12.1 Å². The molecule has 1 aromatic rings. The summed E-state index contributed by atoms with van der Waals surface area (Å²) in [6.45, 7) is 1.71. The third-order valence-corrected chi connectivity index (χ3v) is 3.10. The van der Waals surface area contributed by atoms with Crippen molar-refractivity contribution in [1.82, 2.24) is 5.32 Å². The summed E-state index contributed by atoms with van der Waals surface area (Å²) < 4.78 is 0. The summed E-state index contributed by atoms with van der Waals surface area (Å²) >= 11 is 0. The highest BCUT2D eigenvalue weighted by molar-refractivity contribution is 5.85. The predicted molar refractivity (Wildman–Crippen MR) is 71.2 cm³/mol. The molecular formula is C13H19ClN2O. The van der Waals surface area contributed by atoms with Gasteiger partial charge in [-0.05, 0) is 37.3 Å². The Kier molecular flexibility index (Phi) is 4.97. The van der Waals surface area contributed by atoms with Crippen LogP contribution in [0.4, 0.5) is 0 Å². The van der Waals surface area contributed by atoms with E-state index in [-0.39, 0.29) is 24.4 Å². The number of halogens is 1. The van der Waals surface area contributed by atoms with Crippen LogP contribution in [-0.4, -0.2) is 11.9 Å². The van der Waals surface area contributed by atoms with Gasteiger partial charge in [0.2, 0.25) is 5.91 Å². The van der Waals surface area contributed by atoms with Crippen LogP contribution in [-0.2, 0) is 11.2 Å². The number of fused-ring (bicyclic) bond motifs is 1. The molecule has 0 radical (unpaired) electrons. The normalized spacial score (nSPS) is 19.8. The van der Waals surface area contributed by atoms with E-state index in [4.69, 9.17) is 5.73 Å². The van der Waals surface area contributed by atoms with Crippen molar-refractivity contribution in [3.63, 3.8) is 0 Å². The Morgan fingerprint density at radius 2 is 2.18 bits per heavy atom. The van der Waals surface area contributed by atoms with Gasteiger partial charge in [0.15, 0.2) is 0 Å². The minimum Gasteiger partial charge on any atom is -0.348 e. The summed E-state index contributed by atoms with van der Waals surface area (Å²) in [5, 5.41) is 3.01. The summed E-state index contributed by atoms with van der Waals surface area (Å²) in [7, 11) is 0. The number of rotatable bonds is 2. The van der Waals surface area contributed by atoms with Gasteiger partial charge >= 0.3 is 0 Å². The molecule has 2 rings (SSSR count). The quantitative estimate of drug-likeness (QED) is 0.848. The van der Waals surface area contributed by atoms with Crippen molar-refractivity contribution < 1.29 is 4.79 Å². The Morgan fingerprint density at radius 1 is 1.47 bits per heavy atom. The van der Waals surface area contributed by atoms with E-state index in [1.54, 1.807) is 6.92 Å². The van der Waals surface area contributed by atoms with Gasteiger partial charge in [-0.15, -0.1) is 12.4 Å². The second-order valence-electron chi connectivity index (χ2n) is 4.44. The van der Waals surface area contributed by atoms with E-state index in [1.165, 1.54) is 11.1 Å². The second-order valence-corrected chi connectivity index (χ2v) is 4.44. The average molecular weight is 255 g/mol. The molecule has 0 aromatic heterocycles. The first-order valence-corrected chi connectivity index (χ1v) is 5.82. The Labute approximate surface area is 108 Å². The number of nitrogens with one attached hydrogen (secondary N) is 1. The molecule has 17 heavy (non-hydrogen) atoms. The SMILES string of the molecule is CC(N)C(=O)NC1CCCc2ccccc21.Cl. The molecule has 2 atom stereocenters. The molecule has 0 bridgehead atoms. The van der Waals surface area contributed by atoms with E-state index in [2.05, 4.69) is 23.5 Å². The number of amides is 1. The molecule has 0 saturated heterocycles. The average Bonchev–Trinajstić information content (AvgIpc) is 2.29. The van der Waals surface area contributed by atoms with Crippen LogP contribution < -0.4 is 11.1 Å². The predicted octanol–water partition coefficient (Wildman–Crippen LogP) is 1.95. The molecule has 0 fully saturated rings. The zero-order valence-electron chi connectivity index (χ0n) is 9.98. The van der Waals surface area contributed by atoms with Gasteiger partial charge in [-0.1, -0.05) is 24.3 Å². The molecule has 1 aliphatic carbocycles. The largest absolute Gasteiger partial charge is 0.348 e. The van der Waals surface area contributed by atoms with Crippen LogP contribution in [0.5, 0.6) is 0 Å². The van der Waals surface area contributed by atoms with Gasteiger partial charge in [-0.25, -0.2) is 0 Å². The van der Waals surface area contributed by atoms with Crippen molar-refractivity contribution in [3.8, 4) is 0 Å². The summed E-state index contributed by atoms with van der Waals surface area (Å²) in [6.07, 6.45) is 3.25. The van der Waals surface area contributed by atoms with Crippen molar-refractivity contribution in [2.24, 2.45) is 5.73 Å². The Balaban J connectivity index is 0.00000144. The zero-order chi connectivity index (χ0) is 11.5. The number of hydrogen-bond donors (Lipinski definition) is 2. The van der Waals surface area contributed by atoms with Gasteiger partial charge in [-0.3, -0.25) is 4.79 Å². The lowest BCUT2D eigenvalue weighted by molar-refractivity contribution is -0.122. The third-order valence-electron chi connectivity index (χ3n) is 3.10. The van der Waals surface area contributed by atoms with Gasteiger partial charge in [-0.2, -0.15) is 0 Å². The van der Waals surface area contributed by atoms with E-state index >= 15 is 0 Å². The van der Waals surface area contributed by atoms with E-state index in [0.717, 1.165) is 19.3 Å². The molecule has 2 unspecified atom stereocenters. The van der Waals surface area contributed by atoms with Gasteiger partial charge in [0, 0.05) is 0 Å². The molecule has 3 nitrogen and oxygen atoms in total. The van der Waals surface area contributed by atoms with Crippen LogP contribution in [0.3, 0.4) is 0 Å². The summed E-state index contributed by atoms with van der Waals surface area (Å²) in [6, 6.07) is 8.02. The molecule has 3 N–H and O–H groups in total. The standard InChI is InChI=1S/C13H18N2O.ClH/c1-9(14)13(16)15-12-8-4-6-10-5-2-3-7-11(10)12;/h2-3,5,7,9,12H,4,6,8,14H2,1H3,(H,15,16);1H. The molecule has 0 saturated carbocycles. The fourth-order valence-electron chi connectivity index (χ4n) is 2.21. The Morgan fingerprint density at radius 3 is 2.88 bits per heavy atom. The van der Waals surface area contributed by atoms with Gasteiger partial charge in [0.1, 0.15) is 0 Å². The van der Waals surface area contributed by atoms with E-state index < -0.39 is 6.04 Å². The maximum absolute atomic E-state index is 11.6. The van der Waals surface area contributed by atoms with Crippen LogP contribution in [0.1, 0.15) is 36.9 Å². The first-order valence-electron chi connectivity index (χ1n) is 5.82. The number of nitrogens with two attached hydrogens (primary N) is 1. The van der Waals surface area contributed by atoms with Crippen molar-refractivity contribution in [3.05, 3.63) is 35.4 Å². The highest BCUT2D eigenvalue weighted by Crippen LogP contribution is 2.29. The molecule has 4 heteroatoms. The lowest BCUT2D eigenvalue weighted by Crippen LogP contribution is -2.41. The van der Waals surface area contributed by atoms with Crippen molar-refractivity contribution >= 4 is 18.3 Å². The number of carbonyl (C=O) groups excluding carboxylic acids is 1. The first-order chi connectivity index (χ1) is 7.68. The van der Waals surface area contributed by atoms with Crippen LogP contribution >= 0.6 is 12.4 Å². The lowest BCUT2D eigenvalue weighted by atomic mass is 9.87. The van der Waals surface area contributed by atoms with Gasteiger partial charge < -0.3 is 11.1 Å². The molecule has 94 valence electrons. The van der Waals surface area contributed by atoms with Crippen LogP contribution in [0.15, 0.2) is 24.3 Å². The molecule has 0 aliphatic heterocycles. The number of aryl methyl sites for hydroxylation is 1. The van der Waals surface area contributed by atoms with Crippen LogP contribution in [0, 0.1) is 0 Å². The molecule has 1 aliphatic rings. The first kappa shape index (κ1) is 14.0. The topological polar surface area (TPSA) is 55.1 Å². The second kappa shape index (κ2) is 6.03. The molecule has 1 amide bonds. The van der Waals surface area contributed by atoms with Crippen molar-refractivity contribution in [2.45, 2.75) is 38.3 Å². The lowest BCUT2D eigenvalue weighted by Gasteiger charge is -2.26. The molecule has 0 heterocycles. The van der Waals surface area contributed by atoms with Crippen molar-refractivity contribution in [2.75, 3.05) is 0 Å². The van der Waals surface area contributed by atoms with E-state index in [9.17, 15) is 4.79 Å². The van der Waals surface area contributed by atoms with Crippen LogP contribution in [0.2, 0.25) is 0 Å².